The number of benzene rings is 1. The summed E-state index contributed by atoms with van der Waals surface area (Å²) in [4.78, 5) is 24.6. The maximum atomic E-state index is 13.7. The predicted octanol–water partition coefficient (Wildman–Crippen LogP) is 4.13. The van der Waals surface area contributed by atoms with Crippen LogP contribution in [-0.4, -0.2) is 22.5 Å². The molecule has 6 nitrogen and oxygen atoms in total. The number of nitriles is 1. The number of ether oxygens (including phenoxy) is 1. The zero-order valence-corrected chi connectivity index (χ0v) is 17.0. The Kier molecular flexibility index (Phi) is 7.32. The van der Waals surface area contributed by atoms with E-state index in [0.717, 1.165) is 29.9 Å². The summed E-state index contributed by atoms with van der Waals surface area (Å²) in [5, 5.41) is 11.7. The fourth-order valence-corrected chi connectivity index (χ4v) is 2.91. The second-order valence-corrected chi connectivity index (χ2v) is 6.66. The van der Waals surface area contributed by atoms with Crippen molar-refractivity contribution in [1.29, 1.82) is 5.26 Å². The molecule has 29 heavy (non-hydrogen) atoms. The summed E-state index contributed by atoms with van der Waals surface area (Å²) in [7, 11) is 0. The minimum Gasteiger partial charge on any atom is -0.448 e. The Morgan fingerprint density at radius 2 is 2.03 bits per heavy atom. The Morgan fingerprint density at radius 3 is 2.66 bits per heavy atom. The first-order valence-electron chi connectivity index (χ1n) is 9.33. The molecule has 1 aromatic carbocycles. The molecule has 0 bridgehead atoms. The van der Waals surface area contributed by atoms with Gasteiger partial charge in [-0.2, -0.15) is 5.26 Å². The van der Waals surface area contributed by atoms with Gasteiger partial charge in [-0.15, -0.1) is 0 Å². The SMILES string of the molecule is CCCn1c(C)cc(/C=C(\C#N)C(=O)O[C@@H](C)C(=O)Nc2ccccc2F)c1C. The van der Waals surface area contributed by atoms with Crippen LogP contribution in [0.3, 0.4) is 0 Å². The third kappa shape index (κ3) is 5.32. The Morgan fingerprint density at radius 1 is 1.34 bits per heavy atom. The van der Waals surface area contributed by atoms with Gasteiger partial charge >= 0.3 is 5.97 Å². The second kappa shape index (κ2) is 9.69. The molecule has 2 rings (SSSR count). The number of carbonyl (C=O) groups excluding carboxylic acids is 2. The van der Waals surface area contributed by atoms with E-state index in [0.29, 0.717) is 0 Å². The molecule has 1 aromatic heterocycles. The van der Waals surface area contributed by atoms with E-state index in [1.54, 1.807) is 6.07 Å². The van der Waals surface area contributed by atoms with Crippen molar-refractivity contribution in [3.63, 3.8) is 0 Å². The highest BCUT2D eigenvalue weighted by Crippen LogP contribution is 2.19. The van der Waals surface area contributed by atoms with Crippen molar-refractivity contribution in [3.8, 4) is 6.07 Å². The molecule has 0 radical (unpaired) electrons. The molecule has 1 heterocycles. The Bertz CT molecular complexity index is 986. The van der Waals surface area contributed by atoms with Gasteiger partial charge in [-0.25, -0.2) is 9.18 Å². The van der Waals surface area contributed by atoms with E-state index in [9.17, 15) is 19.2 Å². The van der Waals surface area contributed by atoms with Gasteiger partial charge in [0.15, 0.2) is 6.10 Å². The third-order valence-corrected chi connectivity index (χ3v) is 4.48. The summed E-state index contributed by atoms with van der Waals surface area (Å²) in [6.45, 7) is 8.14. The standard InChI is InChI=1S/C22H24FN3O3/c1-5-10-26-14(2)11-17(15(26)3)12-18(13-24)22(28)29-16(4)21(27)25-20-9-7-6-8-19(20)23/h6-9,11-12,16H,5,10H2,1-4H3,(H,25,27)/b18-12+/t16-/m0/s1. The molecule has 1 N–H and O–H groups in total. The van der Waals surface area contributed by atoms with E-state index in [4.69, 9.17) is 4.74 Å². The quantitative estimate of drug-likeness (QED) is 0.432. The van der Waals surface area contributed by atoms with Crippen LogP contribution in [0.4, 0.5) is 10.1 Å². The fourth-order valence-electron chi connectivity index (χ4n) is 2.91. The maximum Gasteiger partial charge on any atom is 0.349 e. The van der Waals surface area contributed by atoms with Gasteiger partial charge in [0, 0.05) is 17.9 Å². The molecule has 2 aromatic rings. The number of para-hydroxylation sites is 1. The lowest BCUT2D eigenvalue weighted by Gasteiger charge is -2.13. The van der Waals surface area contributed by atoms with E-state index >= 15 is 0 Å². The van der Waals surface area contributed by atoms with Crippen molar-refractivity contribution in [3.05, 3.63) is 58.7 Å². The molecule has 152 valence electrons. The minimum absolute atomic E-state index is 0.0141. The first kappa shape index (κ1) is 21.9. The van der Waals surface area contributed by atoms with Crippen LogP contribution < -0.4 is 5.32 Å². The number of amides is 1. The third-order valence-electron chi connectivity index (χ3n) is 4.48. The molecule has 1 amide bonds. The van der Waals surface area contributed by atoms with Crippen molar-refractivity contribution < 1.29 is 18.7 Å². The topological polar surface area (TPSA) is 84.1 Å². The Balaban J connectivity index is 2.12. The molecule has 0 saturated heterocycles. The normalized spacial score (nSPS) is 12.2. The van der Waals surface area contributed by atoms with Gasteiger partial charge in [-0.1, -0.05) is 19.1 Å². The smallest absolute Gasteiger partial charge is 0.349 e. The zero-order valence-electron chi connectivity index (χ0n) is 17.0. The van der Waals surface area contributed by atoms with Crippen molar-refractivity contribution in [2.75, 3.05) is 5.32 Å². The van der Waals surface area contributed by atoms with Crippen LogP contribution in [0.25, 0.3) is 6.08 Å². The number of hydrogen-bond acceptors (Lipinski definition) is 4. The van der Waals surface area contributed by atoms with Crippen molar-refractivity contribution in [2.45, 2.75) is 46.8 Å². The molecule has 0 spiro atoms. The molecule has 0 aliphatic carbocycles. The summed E-state index contributed by atoms with van der Waals surface area (Å²) >= 11 is 0. The average molecular weight is 397 g/mol. The van der Waals surface area contributed by atoms with Crippen LogP contribution in [-0.2, 0) is 20.9 Å². The molecular weight excluding hydrogens is 373 g/mol. The summed E-state index contributed by atoms with van der Waals surface area (Å²) in [5.41, 5.74) is 2.48. The molecule has 0 fully saturated rings. The first-order valence-corrected chi connectivity index (χ1v) is 9.33. The minimum atomic E-state index is -1.20. The van der Waals surface area contributed by atoms with Crippen LogP contribution in [0.1, 0.15) is 37.2 Å². The molecule has 1 atom stereocenters. The number of halogens is 1. The average Bonchev–Trinajstić information content (AvgIpc) is 2.95. The largest absolute Gasteiger partial charge is 0.448 e. The summed E-state index contributed by atoms with van der Waals surface area (Å²) in [6.07, 6.45) is 1.21. The van der Waals surface area contributed by atoms with Gasteiger partial charge in [0.25, 0.3) is 5.91 Å². The van der Waals surface area contributed by atoms with Gasteiger partial charge < -0.3 is 14.6 Å². The van der Waals surface area contributed by atoms with Crippen molar-refractivity contribution >= 4 is 23.6 Å². The first-order chi connectivity index (χ1) is 13.8. The lowest BCUT2D eigenvalue weighted by molar-refractivity contribution is -0.148. The van der Waals surface area contributed by atoms with Gasteiger partial charge in [-0.05, 0) is 57.0 Å². The zero-order chi connectivity index (χ0) is 21.6. The lowest BCUT2D eigenvalue weighted by Crippen LogP contribution is -2.30. The van der Waals surface area contributed by atoms with Crippen LogP contribution in [0, 0.1) is 31.0 Å². The van der Waals surface area contributed by atoms with Gasteiger partial charge in [-0.3, -0.25) is 4.79 Å². The number of carbonyl (C=O) groups is 2. The van der Waals surface area contributed by atoms with E-state index in [1.165, 1.54) is 31.2 Å². The number of esters is 1. The Hall–Kier alpha value is -3.40. The van der Waals surface area contributed by atoms with Crippen molar-refractivity contribution in [2.24, 2.45) is 0 Å². The summed E-state index contributed by atoms with van der Waals surface area (Å²) in [5.74, 6) is -2.20. The van der Waals surface area contributed by atoms with Gasteiger partial charge in [0.2, 0.25) is 0 Å². The van der Waals surface area contributed by atoms with Crippen LogP contribution in [0.5, 0.6) is 0 Å². The highest BCUT2D eigenvalue weighted by atomic mass is 19.1. The molecular formula is C22H24FN3O3. The number of anilines is 1. The summed E-state index contributed by atoms with van der Waals surface area (Å²) < 4.78 is 20.9. The predicted molar refractivity (Wildman–Crippen MR) is 108 cm³/mol. The van der Waals surface area contributed by atoms with Crippen LogP contribution in [0.2, 0.25) is 0 Å². The van der Waals surface area contributed by atoms with Crippen molar-refractivity contribution in [1.82, 2.24) is 4.57 Å². The van der Waals surface area contributed by atoms with Crippen LogP contribution >= 0.6 is 0 Å². The van der Waals surface area contributed by atoms with Crippen LogP contribution in [0.15, 0.2) is 35.9 Å². The Labute approximate surface area is 169 Å². The van der Waals surface area contributed by atoms with E-state index in [2.05, 4.69) is 16.8 Å². The maximum absolute atomic E-state index is 13.7. The molecule has 0 saturated carbocycles. The monoisotopic (exact) mass is 397 g/mol. The number of rotatable bonds is 7. The second-order valence-electron chi connectivity index (χ2n) is 6.66. The fraction of sp³-hybridized carbons (Fsp3) is 0.318. The lowest BCUT2D eigenvalue weighted by atomic mass is 10.1. The number of aromatic nitrogens is 1. The van der Waals surface area contributed by atoms with E-state index < -0.39 is 23.8 Å². The molecule has 0 aliphatic heterocycles. The molecule has 7 heteroatoms. The van der Waals surface area contributed by atoms with Gasteiger partial charge in [0.05, 0.1) is 5.69 Å². The summed E-state index contributed by atoms with van der Waals surface area (Å²) in [6, 6.07) is 9.39. The number of nitrogens with one attached hydrogen (secondary N) is 1. The van der Waals surface area contributed by atoms with E-state index in [1.807, 2.05) is 26.0 Å². The highest BCUT2D eigenvalue weighted by Gasteiger charge is 2.22. The van der Waals surface area contributed by atoms with E-state index in [-0.39, 0.29) is 11.3 Å². The number of hydrogen-bond donors (Lipinski definition) is 1. The number of aryl methyl sites for hydroxylation is 1. The number of nitrogens with zero attached hydrogens (tertiary/aromatic N) is 2. The molecule has 0 unspecified atom stereocenters. The van der Waals surface area contributed by atoms with Gasteiger partial charge in [0.1, 0.15) is 17.5 Å². The molecule has 0 aliphatic rings. The highest BCUT2D eigenvalue weighted by molar-refractivity contribution is 6.01.